The van der Waals surface area contributed by atoms with Crippen molar-refractivity contribution in [2.45, 2.75) is 25.9 Å². The minimum absolute atomic E-state index is 0.0300. The lowest BCUT2D eigenvalue weighted by atomic mass is 10.1. The molecule has 1 N–H and O–H groups in total. The molecule has 16 heavy (non-hydrogen) atoms. The summed E-state index contributed by atoms with van der Waals surface area (Å²) in [6.45, 7) is 3.19. The number of hydrogen-bond donors (Lipinski definition) is 1. The summed E-state index contributed by atoms with van der Waals surface area (Å²) in [5, 5.41) is 9.54. The van der Waals surface area contributed by atoms with Crippen molar-refractivity contribution >= 4 is 5.91 Å². The quantitative estimate of drug-likeness (QED) is 0.779. The third kappa shape index (κ3) is 2.42. The van der Waals surface area contributed by atoms with Crippen LogP contribution in [0.2, 0.25) is 0 Å². The fourth-order valence-electron chi connectivity index (χ4n) is 2.10. The summed E-state index contributed by atoms with van der Waals surface area (Å²) in [5.74, 6) is 0.0300. The van der Waals surface area contributed by atoms with E-state index in [1.165, 1.54) is 0 Å². The largest absolute Gasteiger partial charge is 0.391 e. The van der Waals surface area contributed by atoms with Gasteiger partial charge in [0.1, 0.15) is 0 Å². The summed E-state index contributed by atoms with van der Waals surface area (Å²) >= 11 is 0. The molecule has 0 spiro atoms. The molecule has 2 rings (SSSR count). The van der Waals surface area contributed by atoms with Crippen molar-refractivity contribution in [3.63, 3.8) is 0 Å². The van der Waals surface area contributed by atoms with Crippen LogP contribution >= 0.6 is 0 Å². The summed E-state index contributed by atoms with van der Waals surface area (Å²) in [6, 6.07) is 7.59. The van der Waals surface area contributed by atoms with Gasteiger partial charge in [-0.1, -0.05) is 17.7 Å². The summed E-state index contributed by atoms with van der Waals surface area (Å²) < 4.78 is 0. The zero-order valence-electron chi connectivity index (χ0n) is 9.52. The third-order valence-corrected chi connectivity index (χ3v) is 2.95. The first-order chi connectivity index (χ1) is 7.66. The van der Waals surface area contributed by atoms with Gasteiger partial charge in [0.25, 0.3) is 5.91 Å². The number of nitrogens with zero attached hydrogens (tertiary/aromatic N) is 1. The van der Waals surface area contributed by atoms with Crippen LogP contribution in [0.1, 0.15) is 28.8 Å². The molecule has 1 atom stereocenters. The molecule has 3 nitrogen and oxygen atoms in total. The van der Waals surface area contributed by atoms with Crippen molar-refractivity contribution < 1.29 is 9.90 Å². The van der Waals surface area contributed by atoms with E-state index in [1.54, 1.807) is 4.90 Å². The normalized spacial score (nSPS) is 20.9. The smallest absolute Gasteiger partial charge is 0.253 e. The molecule has 0 aromatic heterocycles. The van der Waals surface area contributed by atoms with Gasteiger partial charge in [0, 0.05) is 18.7 Å². The van der Waals surface area contributed by atoms with Crippen LogP contribution in [0.15, 0.2) is 24.3 Å². The molecule has 0 unspecified atom stereocenters. The maximum Gasteiger partial charge on any atom is 0.253 e. The molecule has 1 fully saturated rings. The topological polar surface area (TPSA) is 40.5 Å². The predicted molar refractivity (Wildman–Crippen MR) is 62.3 cm³/mol. The van der Waals surface area contributed by atoms with Gasteiger partial charge in [-0.25, -0.2) is 0 Å². The lowest BCUT2D eigenvalue weighted by Crippen LogP contribution is -2.42. The number of rotatable bonds is 1. The van der Waals surface area contributed by atoms with Gasteiger partial charge in [-0.3, -0.25) is 4.79 Å². The highest BCUT2D eigenvalue weighted by Gasteiger charge is 2.22. The van der Waals surface area contributed by atoms with Crippen LogP contribution in [0.3, 0.4) is 0 Å². The third-order valence-electron chi connectivity index (χ3n) is 2.95. The molecule has 0 aliphatic carbocycles. The number of piperidine rings is 1. The number of carbonyl (C=O) groups excluding carboxylic acids is 1. The molecule has 1 saturated heterocycles. The maximum absolute atomic E-state index is 12.1. The SMILES string of the molecule is Cc1cccc(C(=O)N2CCC[C@H](O)C2)c1. The van der Waals surface area contributed by atoms with Crippen molar-refractivity contribution in [1.82, 2.24) is 4.90 Å². The second kappa shape index (κ2) is 4.66. The Labute approximate surface area is 95.7 Å². The van der Waals surface area contributed by atoms with Crippen LogP contribution < -0.4 is 0 Å². The van der Waals surface area contributed by atoms with Crippen LogP contribution in [-0.2, 0) is 0 Å². The van der Waals surface area contributed by atoms with E-state index in [9.17, 15) is 9.90 Å². The Morgan fingerprint density at radius 3 is 3.00 bits per heavy atom. The van der Waals surface area contributed by atoms with Crippen LogP contribution in [0.25, 0.3) is 0 Å². The van der Waals surface area contributed by atoms with Crippen molar-refractivity contribution in [2.75, 3.05) is 13.1 Å². The monoisotopic (exact) mass is 219 g/mol. The molecule has 0 bridgehead atoms. The minimum Gasteiger partial charge on any atom is -0.391 e. The highest BCUT2D eigenvalue weighted by Crippen LogP contribution is 2.14. The second-order valence-corrected chi connectivity index (χ2v) is 4.42. The number of benzene rings is 1. The van der Waals surface area contributed by atoms with E-state index in [0.717, 1.165) is 24.9 Å². The van der Waals surface area contributed by atoms with Gasteiger partial charge in [0.2, 0.25) is 0 Å². The maximum atomic E-state index is 12.1. The van der Waals surface area contributed by atoms with Gasteiger partial charge < -0.3 is 10.0 Å². The van der Waals surface area contributed by atoms with Gasteiger partial charge in [-0.05, 0) is 31.9 Å². The van der Waals surface area contributed by atoms with E-state index in [0.29, 0.717) is 12.1 Å². The average Bonchev–Trinajstić information content (AvgIpc) is 2.28. The summed E-state index contributed by atoms with van der Waals surface area (Å²) in [5.41, 5.74) is 1.80. The standard InChI is InChI=1S/C13H17NO2/c1-10-4-2-5-11(8-10)13(16)14-7-3-6-12(15)9-14/h2,4-5,8,12,15H,3,6-7,9H2,1H3/t12-/m0/s1. The zero-order chi connectivity index (χ0) is 11.5. The molecular formula is C13H17NO2. The van der Waals surface area contributed by atoms with E-state index in [4.69, 9.17) is 0 Å². The van der Waals surface area contributed by atoms with Gasteiger partial charge in [0.15, 0.2) is 0 Å². The molecule has 3 heteroatoms. The van der Waals surface area contributed by atoms with Gasteiger partial charge in [0.05, 0.1) is 6.10 Å². The molecule has 0 saturated carbocycles. The van der Waals surface area contributed by atoms with Crippen LogP contribution in [0, 0.1) is 6.92 Å². The number of likely N-dealkylation sites (tertiary alicyclic amines) is 1. The number of aliphatic hydroxyl groups is 1. The fourth-order valence-corrected chi connectivity index (χ4v) is 2.10. The molecule has 0 radical (unpaired) electrons. The van der Waals surface area contributed by atoms with E-state index in [2.05, 4.69) is 0 Å². The van der Waals surface area contributed by atoms with E-state index in [1.807, 2.05) is 31.2 Å². The first-order valence-corrected chi connectivity index (χ1v) is 5.71. The Bertz CT molecular complexity index is 389. The van der Waals surface area contributed by atoms with E-state index in [-0.39, 0.29) is 12.0 Å². The van der Waals surface area contributed by atoms with Crippen molar-refractivity contribution in [1.29, 1.82) is 0 Å². The van der Waals surface area contributed by atoms with Crippen LogP contribution in [0.5, 0.6) is 0 Å². The highest BCUT2D eigenvalue weighted by atomic mass is 16.3. The predicted octanol–water partition coefficient (Wildman–Crippen LogP) is 1.59. The molecule has 86 valence electrons. The molecule has 1 heterocycles. The van der Waals surface area contributed by atoms with Crippen LogP contribution in [-0.4, -0.2) is 35.1 Å². The molecule has 1 aromatic carbocycles. The number of β-amino-alcohol motifs (C(OH)–C–C–N with tert-alkyl or cyclic N) is 1. The Hall–Kier alpha value is -1.35. The highest BCUT2D eigenvalue weighted by molar-refractivity contribution is 5.94. The Balaban J connectivity index is 2.12. The van der Waals surface area contributed by atoms with Gasteiger partial charge in [-0.15, -0.1) is 0 Å². The van der Waals surface area contributed by atoms with Crippen molar-refractivity contribution in [2.24, 2.45) is 0 Å². The van der Waals surface area contributed by atoms with Gasteiger partial charge in [-0.2, -0.15) is 0 Å². The first kappa shape index (κ1) is 11.1. The first-order valence-electron chi connectivity index (χ1n) is 5.71. The Morgan fingerprint density at radius 1 is 1.50 bits per heavy atom. The summed E-state index contributed by atoms with van der Waals surface area (Å²) in [4.78, 5) is 13.9. The summed E-state index contributed by atoms with van der Waals surface area (Å²) in [6.07, 6.45) is 1.33. The lowest BCUT2D eigenvalue weighted by molar-refractivity contribution is 0.0473. The van der Waals surface area contributed by atoms with Gasteiger partial charge >= 0.3 is 0 Å². The minimum atomic E-state index is -0.359. The van der Waals surface area contributed by atoms with Crippen molar-refractivity contribution in [3.8, 4) is 0 Å². The number of aliphatic hydroxyl groups excluding tert-OH is 1. The number of hydrogen-bond acceptors (Lipinski definition) is 2. The molecular weight excluding hydrogens is 202 g/mol. The lowest BCUT2D eigenvalue weighted by Gasteiger charge is -2.30. The fraction of sp³-hybridized carbons (Fsp3) is 0.462. The van der Waals surface area contributed by atoms with Crippen molar-refractivity contribution in [3.05, 3.63) is 35.4 Å². The van der Waals surface area contributed by atoms with Crippen LogP contribution in [0.4, 0.5) is 0 Å². The molecule has 1 amide bonds. The number of amides is 1. The summed E-state index contributed by atoms with van der Waals surface area (Å²) in [7, 11) is 0. The zero-order valence-corrected chi connectivity index (χ0v) is 9.52. The van der Waals surface area contributed by atoms with E-state index < -0.39 is 0 Å². The molecule has 1 aliphatic heterocycles. The number of carbonyl (C=O) groups is 1. The Morgan fingerprint density at radius 2 is 2.31 bits per heavy atom. The molecule has 1 aliphatic rings. The van der Waals surface area contributed by atoms with E-state index >= 15 is 0 Å². The average molecular weight is 219 g/mol. The molecule has 1 aromatic rings. The number of aryl methyl sites for hydroxylation is 1. The second-order valence-electron chi connectivity index (χ2n) is 4.42. The Kier molecular flexibility index (Phi) is 3.25.